The summed E-state index contributed by atoms with van der Waals surface area (Å²) in [6, 6.07) is 0. The Hall–Kier alpha value is -0.760. The van der Waals surface area contributed by atoms with Gasteiger partial charge in [-0.1, -0.05) is 6.58 Å². The molecule has 1 fully saturated rings. The minimum Gasteiger partial charge on any atom is -0.485 e. The van der Waals surface area contributed by atoms with Crippen molar-refractivity contribution in [1.82, 2.24) is 0 Å². The predicted molar refractivity (Wildman–Crippen MR) is 48.7 cm³/mol. The summed E-state index contributed by atoms with van der Waals surface area (Å²) in [6.07, 6.45) is 1.80. The van der Waals surface area contributed by atoms with Crippen LogP contribution in [0.25, 0.3) is 0 Å². The van der Waals surface area contributed by atoms with Crippen molar-refractivity contribution in [1.29, 1.82) is 0 Å². The van der Waals surface area contributed by atoms with Crippen molar-refractivity contribution >= 4 is 0 Å². The Kier molecular flexibility index (Phi) is 2.29. The summed E-state index contributed by atoms with van der Waals surface area (Å²) in [5.74, 6) is 0.893. The summed E-state index contributed by atoms with van der Waals surface area (Å²) in [5.41, 5.74) is 0.534. The molecule has 0 saturated carbocycles. The first kappa shape index (κ1) is 9.33. The lowest BCUT2D eigenvalue weighted by Crippen LogP contribution is -2.32. The van der Waals surface area contributed by atoms with E-state index in [2.05, 4.69) is 6.58 Å². The highest BCUT2D eigenvalue weighted by molar-refractivity contribution is 5.17. The van der Waals surface area contributed by atoms with Gasteiger partial charge in [0.05, 0.1) is 5.76 Å². The molecule has 0 radical (unpaired) electrons. The first-order chi connectivity index (χ1) is 5.49. The molecule has 0 bridgehead atoms. The molecule has 2 atom stereocenters. The highest BCUT2D eigenvalue weighted by atomic mass is 16.5. The van der Waals surface area contributed by atoms with Crippen molar-refractivity contribution in [3.63, 3.8) is 0 Å². The Balaban J connectivity index is 2.89. The molecule has 1 N–H and O–H groups in total. The van der Waals surface area contributed by atoms with Crippen LogP contribution in [-0.4, -0.2) is 16.8 Å². The second-order valence-corrected chi connectivity index (χ2v) is 3.63. The zero-order chi connectivity index (χ0) is 9.35. The Morgan fingerprint density at radius 1 is 1.75 bits per heavy atom. The lowest BCUT2D eigenvalue weighted by atomic mass is 9.99. The molecule has 0 aliphatic carbocycles. The summed E-state index contributed by atoms with van der Waals surface area (Å²) < 4.78 is 5.58. The monoisotopic (exact) mass is 168 g/mol. The number of hydrogen-bond acceptors (Lipinski definition) is 2. The van der Waals surface area contributed by atoms with Crippen LogP contribution in [0, 0.1) is 0 Å². The van der Waals surface area contributed by atoms with Crippen LogP contribution < -0.4 is 0 Å². The van der Waals surface area contributed by atoms with E-state index in [1.165, 1.54) is 0 Å². The standard InChI is InChI=1S/C10H16O2/c1-5-10(4)9(11)6-8(12-10)7(2)3/h5,9,11H,1,6H2,2-4H3/t9-,10-/m0/s1. The molecular weight excluding hydrogens is 152 g/mol. The Morgan fingerprint density at radius 2 is 2.33 bits per heavy atom. The van der Waals surface area contributed by atoms with Gasteiger partial charge in [0.25, 0.3) is 0 Å². The third kappa shape index (κ3) is 1.39. The summed E-state index contributed by atoms with van der Waals surface area (Å²) in [5, 5.41) is 9.64. The third-order valence-corrected chi connectivity index (χ3v) is 2.35. The summed E-state index contributed by atoms with van der Waals surface area (Å²) >= 11 is 0. The van der Waals surface area contributed by atoms with E-state index in [-0.39, 0.29) is 0 Å². The quantitative estimate of drug-likeness (QED) is 0.607. The van der Waals surface area contributed by atoms with Gasteiger partial charge in [-0.15, -0.1) is 0 Å². The van der Waals surface area contributed by atoms with Gasteiger partial charge in [-0.2, -0.15) is 0 Å². The van der Waals surface area contributed by atoms with Crippen molar-refractivity contribution in [3.05, 3.63) is 24.0 Å². The van der Waals surface area contributed by atoms with Crippen LogP contribution in [0.5, 0.6) is 0 Å². The molecule has 1 rings (SSSR count). The molecule has 2 nitrogen and oxygen atoms in total. The molecule has 1 saturated heterocycles. The van der Waals surface area contributed by atoms with Crippen LogP contribution >= 0.6 is 0 Å². The first-order valence-electron chi connectivity index (χ1n) is 4.16. The maximum absolute atomic E-state index is 9.64. The van der Waals surface area contributed by atoms with E-state index in [1.807, 2.05) is 20.8 Å². The molecule has 0 amide bonds. The second-order valence-electron chi connectivity index (χ2n) is 3.63. The number of hydrogen-bond donors (Lipinski definition) is 1. The molecule has 0 unspecified atom stereocenters. The molecule has 0 aromatic carbocycles. The first-order valence-corrected chi connectivity index (χ1v) is 4.16. The summed E-state index contributed by atoms with van der Waals surface area (Å²) in [4.78, 5) is 0. The van der Waals surface area contributed by atoms with Gasteiger partial charge < -0.3 is 9.84 Å². The minimum atomic E-state index is -0.591. The van der Waals surface area contributed by atoms with Crippen molar-refractivity contribution in [2.75, 3.05) is 0 Å². The lowest BCUT2D eigenvalue weighted by molar-refractivity contribution is 0.0116. The number of ether oxygens (including phenoxy) is 1. The van der Waals surface area contributed by atoms with Gasteiger partial charge in [-0.05, 0) is 32.4 Å². The zero-order valence-corrected chi connectivity index (χ0v) is 7.92. The normalized spacial score (nSPS) is 34.7. The highest BCUT2D eigenvalue weighted by Gasteiger charge is 2.40. The molecule has 0 aromatic rings. The van der Waals surface area contributed by atoms with E-state index in [9.17, 15) is 5.11 Å². The van der Waals surface area contributed by atoms with Crippen LogP contribution in [0.4, 0.5) is 0 Å². The number of aliphatic hydroxyl groups is 1. The van der Waals surface area contributed by atoms with E-state index < -0.39 is 11.7 Å². The van der Waals surface area contributed by atoms with Crippen LogP contribution in [-0.2, 0) is 4.74 Å². The van der Waals surface area contributed by atoms with Crippen LogP contribution in [0.2, 0.25) is 0 Å². The van der Waals surface area contributed by atoms with Crippen LogP contribution in [0.3, 0.4) is 0 Å². The maximum Gasteiger partial charge on any atom is 0.150 e. The van der Waals surface area contributed by atoms with Crippen molar-refractivity contribution in [2.24, 2.45) is 0 Å². The molecule has 1 heterocycles. The van der Waals surface area contributed by atoms with Crippen LogP contribution in [0.1, 0.15) is 27.2 Å². The lowest BCUT2D eigenvalue weighted by Gasteiger charge is -2.22. The molecule has 2 heteroatoms. The fourth-order valence-electron chi connectivity index (χ4n) is 1.24. The van der Waals surface area contributed by atoms with Gasteiger partial charge in [0, 0.05) is 6.42 Å². The Bertz CT molecular complexity index is 226. The SMILES string of the molecule is C=C[C@]1(C)OC(=C(C)C)C[C@@H]1O. The Labute approximate surface area is 73.5 Å². The van der Waals surface area contributed by atoms with Crippen LogP contribution in [0.15, 0.2) is 24.0 Å². The molecular formula is C10H16O2. The van der Waals surface area contributed by atoms with Gasteiger partial charge in [0.1, 0.15) is 11.7 Å². The van der Waals surface area contributed by atoms with E-state index in [0.717, 1.165) is 11.3 Å². The zero-order valence-electron chi connectivity index (χ0n) is 7.92. The topological polar surface area (TPSA) is 29.5 Å². The van der Waals surface area contributed by atoms with Gasteiger partial charge >= 0.3 is 0 Å². The van der Waals surface area contributed by atoms with Crippen molar-refractivity contribution in [3.8, 4) is 0 Å². The molecule has 12 heavy (non-hydrogen) atoms. The summed E-state index contributed by atoms with van der Waals surface area (Å²) in [7, 11) is 0. The van der Waals surface area contributed by atoms with E-state index in [4.69, 9.17) is 4.74 Å². The molecule has 0 spiro atoms. The molecule has 68 valence electrons. The van der Waals surface area contributed by atoms with Gasteiger partial charge in [-0.25, -0.2) is 0 Å². The van der Waals surface area contributed by atoms with E-state index in [0.29, 0.717) is 6.42 Å². The molecule has 1 aliphatic heterocycles. The van der Waals surface area contributed by atoms with Gasteiger partial charge in [-0.3, -0.25) is 0 Å². The second kappa shape index (κ2) is 2.94. The number of aliphatic hydroxyl groups excluding tert-OH is 1. The number of allylic oxidation sites excluding steroid dienone is 1. The fraction of sp³-hybridized carbons (Fsp3) is 0.600. The largest absolute Gasteiger partial charge is 0.485 e. The maximum atomic E-state index is 9.64. The highest BCUT2D eigenvalue weighted by Crippen LogP contribution is 2.35. The molecule has 0 aromatic heterocycles. The van der Waals surface area contributed by atoms with E-state index >= 15 is 0 Å². The van der Waals surface area contributed by atoms with Crippen molar-refractivity contribution < 1.29 is 9.84 Å². The smallest absolute Gasteiger partial charge is 0.150 e. The average Bonchev–Trinajstić information content (AvgIpc) is 2.30. The van der Waals surface area contributed by atoms with Gasteiger partial charge in [0.15, 0.2) is 0 Å². The predicted octanol–water partition coefficient (Wildman–Crippen LogP) is 2.01. The number of rotatable bonds is 1. The molecule has 1 aliphatic rings. The average molecular weight is 168 g/mol. The Morgan fingerprint density at radius 3 is 2.58 bits per heavy atom. The van der Waals surface area contributed by atoms with Crippen molar-refractivity contribution in [2.45, 2.75) is 38.9 Å². The third-order valence-electron chi connectivity index (χ3n) is 2.35. The minimum absolute atomic E-state index is 0.458. The fourth-order valence-corrected chi connectivity index (χ4v) is 1.24. The van der Waals surface area contributed by atoms with Gasteiger partial charge in [0.2, 0.25) is 0 Å². The summed E-state index contributed by atoms with van der Waals surface area (Å²) in [6.45, 7) is 9.46. The van der Waals surface area contributed by atoms with E-state index in [1.54, 1.807) is 6.08 Å².